The number of nitrogens with one attached hydrogen (secondary N) is 1. The zero-order chi connectivity index (χ0) is 15.4. The number of aliphatic hydroxyl groups excluding tert-OH is 1. The highest BCUT2D eigenvalue weighted by Crippen LogP contribution is 2.27. The van der Waals surface area contributed by atoms with E-state index in [0.29, 0.717) is 5.88 Å². The second kappa shape index (κ2) is 6.59. The van der Waals surface area contributed by atoms with Gasteiger partial charge in [-0.15, -0.1) is 0 Å². The normalized spacial score (nSPS) is 12.0. The van der Waals surface area contributed by atoms with Crippen LogP contribution in [-0.4, -0.2) is 17.2 Å². The van der Waals surface area contributed by atoms with Crippen LogP contribution in [0.4, 0.5) is 11.4 Å². The molecular formula is C17H22N2O2. The molecule has 0 radical (unpaired) electrons. The maximum Gasteiger partial charge on any atom is 0.216 e. The molecule has 0 saturated heterocycles. The maximum atomic E-state index is 9.66. The lowest BCUT2D eigenvalue weighted by atomic mass is 10.1. The van der Waals surface area contributed by atoms with Crippen molar-refractivity contribution in [2.24, 2.45) is 0 Å². The molecular weight excluding hydrogens is 264 g/mol. The monoisotopic (exact) mass is 286 g/mol. The minimum atomic E-state index is -0.479. The lowest BCUT2D eigenvalue weighted by Crippen LogP contribution is -2.02. The molecule has 1 unspecified atom stereocenters. The summed E-state index contributed by atoms with van der Waals surface area (Å²) in [6.07, 6.45) is 0.381. The minimum absolute atomic E-state index is 0.479. The van der Waals surface area contributed by atoms with Gasteiger partial charge in [-0.1, -0.05) is 19.1 Å². The molecule has 0 aliphatic heterocycles. The highest BCUT2D eigenvalue weighted by atomic mass is 16.5. The third kappa shape index (κ3) is 3.52. The van der Waals surface area contributed by atoms with Crippen LogP contribution in [0.5, 0.6) is 5.88 Å². The molecule has 2 aromatic rings. The molecule has 1 aromatic heterocycles. The van der Waals surface area contributed by atoms with Crippen molar-refractivity contribution in [3.63, 3.8) is 0 Å². The van der Waals surface area contributed by atoms with E-state index in [9.17, 15) is 5.11 Å². The van der Waals surface area contributed by atoms with Gasteiger partial charge in [-0.05, 0) is 44.0 Å². The average Bonchev–Trinajstić information content (AvgIpc) is 2.49. The number of pyridine rings is 1. The molecule has 1 atom stereocenters. The topological polar surface area (TPSA) is 54.4 Å². The summed E-state index contributed by atoms with van der Waals surface area (Å²) in [6.45, 7) is 5.78. The van der Waals surface area contributed by atoms with Crippen molar-refractivity contribution in [1.82, 2.24) is 4.98 Å². The first kappa shape index (κ1) is 15.3. The van der Waals surface area contributed by atoms with Gasteiger partial charge in [0.25, 0.3) is 0 Å². The Bertz CT molecular complexity index is 624. The fraction of sp³-hybridized carbons (Fsp3) is 0.353. The van der Waals surface area contributed by atoms with E-state index in [1.54, 1.807) is 14.0 Å². The number of nitrogens with zero attached hydrogens (tertiary/aromatic N) is 1. The molecule has 112 valence electrons. The zero-order valence-electron chi connectivity index (χ0n) is 13.0. The number of aromatic nitrogens is 1. The largest absolute Gasteiger partial charge is 0.481 e. The number of aliphatic hydroxyl groups is 1. The van der Waals surface area contributed by atoms with Gasteiger partial charge in [-0.25, -0.2) is 4.98 Å². The van der Waals surface area contributed by atoms with E-state index in [2.05, 4.69) is 23.3 Å². The van der Waals surface area contributed by atoms with Gasteiger partial charge >= 0.3 is 0 Å². The van der Waals surface area contributed by atoms with Crippen molar-refractivity contribution in [3.8, 4) is 5.88 Å². The number of benzene rings is 1. The lowest BCUT2D eigenvalue weighted by molar-refractivity contribution is 0.199. The van der Waals surface area contributed by atoms with Crippen LogP contribution < -0.4 is 10.1 Å². The van der Waals surface area contributed by atoms with E-state index in [1.165, 1.54) is 0 Å². The molecule has 0 amide bonds. The Morgan fingerprint density at radius 1 is 1.33 bits per heavy atom. The molecule has 4 nitrogen and oxygen atoms in total. The Hall–Kier alpha value is -2.07. The highest BCUT2D eigenvalue weighted by molar-refractivity contribution is 5.64. The fourth-order valence-corrected chi connectivity index (χ4v) is 2.21. The summed E-state index contributed by atoms with van der Waals surface area (Å²) in [5.74, 6) is 0.679. The Morgan fingerprint density at radius 2 is 2.10 bits per heavy atom. The minimum Gasteiger partial charge on any atom is -0.481 e. The Kier molecular flexibility index (Phi) is 4.81. The Labute approximate surface area is 125 Å². The van der Waals surface area contributed by atoms with Gasteiger partial charge in [-0.3, -0.25) is 0 Å². The molecule has 0 bridgehead atoms. The molecule has 0 aliphatic carbocycles. The molecule has 2 rings (SSSR count). The van der Waals surface area contributed by atoms with Crippen molar-refractivity contribution < 1.29 is 9.84 Å². The summed E-state index contributed by atoms with van der Waals surface area (Å²) < 4.78 is 5.30. The van der Waals surface area contributed by atoms with Gasteiger partial charge in [0.05, 0.1) is 24.6 Å². The number of hydrogen-bond acceptors (Lipinski definition) is 4. The van der Waals surface area contributed by atoms with Gasteiger partial charge in [0.1, 0.15) is 0 Å². The molecule has 0 saturated carbocycles. The van der Waals surface area contributed by atoms with Crippen molar-refractivity contribution in [3.05, 3.63) is 47.2 Å². The lowest BCUT2D eigenvalue weighted by Gasteiger charge is -2.14. The molecule has 21 heavy (non-hydrogen) atoms. The highest BCUT2D eigenvalue weighted by Gasteiger charge is 2.09. The molecule has 1 heterocycles. The standard InChI is InChI=1S/C17H22N2O2/c1-5-13-10-16(11(2)18-17(13)21-4)19-15-8-6-7-14(9-15)12(3)20/h6-10,12,19-20H,5H2,1-4H3. The first-order chi connectivity index (χ1) is 10.0. The second-order valence-corrected chi connectivity index (χ2v) is 5.07. The summed E-state index contributed by atoms with van der Waals surface area (Å²) in [7, 11) is 1.64. The van der Waals surface area contributed by atoms with Crippen LogP contribution in [0.3, 0.4) is 0 Å². The van der Waals surface area contributed by atoms with E-state index in [1.807, 2.05) is 31.2 Å². The van der Waals surface area contributed by atoms with Gasteiger partial charge in [-0.2, -0.15) is 0 Å². The van der Waals surface area contributed by atoms with Crippen LogP contribution in [0.25, 0.3) is 0 Å². The van der Waals surface area contributed by atoms with E-state index < -0.39 is 6.10 Å². The van der Waals surface area contributed by atoms with Crippen molar-refractivity contribution in [2.75, 3.05) is 12.4 Å². The van der Waals surface area contributed by atoms with Gasteiger partial charge in [0, 0.05) is 11.3 Å². The van der Waals surface area contributed by atoms with E-state index in [-0.39, 0.29) is 0 Å². The predicted octanol–water partition coefficient (Wildman–Crippen LogP) is 3.76. The van der Waals surface area contributed by atoms with Crippen molar-refractivity contribution in [1.29, 1.82) is 0 Å². The third-order valence-corrected chi connectivity index (χ3v) is 3.47. The number of methoxy groups -OCH3 is 1. The Morgan fingerprint density at radius 3 is 2.71 bits per heavy atom. The van der Waals surface area contributed by atoms with E-state index in [0.717, 1.165) is 34.6 Å². The van der Waals surface area contributed by atoms with Crippen LogP contribution in [0.1, 0.15) is 36.8 Å². The predicted molar refractivity (Wildman–Crippen MR) is 85.3 cm³/mol. The number of hydrogen-bond donors (Lipinski definition) is 2. The van der Waals surface area contributed by atoms with Crippen LogP contribution in [0.15, 0.2) is 30.3 Å². The molecule has 2 N–H and O–H groups in total. The van der Waals surface area contributed by atoms with Crippen LogP contribution in [0, 0.1) is 6.92 Å². The van der Waals surface area contributed by atoms with Crippen molar-refractivity contribution >= 4 is 11.4 Å². The van der Waals surface area contributed by atoms with E-state index in [4.69, 9.17) is 4.74 Å². The number of rotatable bonds is 5. The Balaban J connectivity index is 2.33. The average molecular weight is 286 g/mol. The van der Waals surface area contributed by atoms with E-state index >= 15 is 0 Å². The zero-order valence-corrected chi connectivity index (χ0v) is 13.0. The summed E-state index contributed by atoms with van der Waals surface area (Å²) in [5.41, 5.74) is 4.72. The smallest absolute Gasteiger partial charge is 0.216 e. The molecule has 0 spiro atoms. The molecule has 4 heteroatoms. The maximum absolute atomic E-state index is 9.66. The summed E-state index contributed by atoms with van der Waals surface area (Å²) >= 11 is 0. The summed E-state index contributed by atoms with van der Waals surface area (Å²) in [4.78, 5) is 4.48. The molecule has 0 fully saturated rings. The second-order valence-electron chi connectivity index (χ2n) is 5.07. The quantitative estimate of drug-likeness (QED) is 0.878. The number of aryl methyl sites for hydroxylation is 2. The fourth-order valence-electron chi connectivity index (χ4n) is 2.21. The van der Waals surface area contributed by atoms with Crippen molar-refractivity contribution in [2.45, 2.75) is 33.3 Å². The third-order valence-electron chi connectivity index (χ3n) is 3.47. The van der Waals surface area contributed by atoms with Gasteiger partial charge in [0.2, 0.25) is 5.88 Å². The van der Waals surface area contributed by atoms with Gasteiger partial charge < -0.3 is 15.2 Å². The number of anilines is 2. The molecule has 0 aliphatic rings. The van der Waals surface area contributed by atoms with Crippen LogP contribution in [-0.2, 0) is 6.42 Å². The number of ether oxygens (including phenoxy) is 1. The molecule has 1 aromatic carbocycles. The first-order valence-corrected chi connectivity index (χ1v) is 7.14. The summed E-state index contributed by atoms with van der Waals surface area (Å²) in [6, 6.07) is 9.82. The van der Waals surface area contributed by atoms with Crippen LogP contribution >= 0.6 is 0 Å². The summed E-state index contributed by atoms with van der Waals surface area (Å²) in [5, 5.41) is 13.0. The first-order valence-electron chi connectivity index (χ1n) is 7.14. The van der Waals surface area contributed by atoms with Gasteiger partial charge in [0.15, 0.2) is 0 Å². The van der Waals surface area contributed by atoms with Crippen LogP contribution in [0.2, 0.25) is 0 Å². The SMILES string of the molecule is CCc1cc(Nc2cccc(C(C)O)c2)c(C)nc1OC.